The minimum atomic E-state index is -0.191. The Labute approximate surface area is 151 Å². The molecule has 0 unspecified atom stereocenters. The van der Waals surface area contributed by atoms with Gasteiger partial charge < -0.3 is 4.90 Å². The molecule has 0 aliphatic carbocycles. The lowest BCUT2D eigenvalue weighted by molar-refractivity contribution is -0.136. The van der Waals surface area contributed by atoms with Crippen LogP contribution in [0.3, 0.4) is 0 Å². The van der Waals surface area contributed by atoms with Gasteiger partial charge >= 0.3 is 0 Å². The van der Waals surface area contributed by atoms with E-state index in [-0.39, 0.29) is 23.8 Å². The molecule has 0 aromatic heterocycles. The van der Waals surface area contributed by atoms with Gasteiger partial charge in [-0.25, -0.2) is 4.39 Å². The predicted octanol–water partition coefficient (Wildman–Crippen LogP) is 2.98. The summed E-state index contributed by atoms with van der Waals surface area (Å²) >= 11 is 0. The largest absolute Gasteiger partial charge is 0.337 e. The quantitative estimate of drug-likeness (QED) is 0.790. The lowest BCUT2D eigenvalue weighted by atomic mass is 10.2. The van der Waals surface area contributed by atoms with Crippen molar-refractivity contribution in [1.82, 2.24) is 14.7 Å². The van der Waals surface area contributed by atoms with Gasteiger partial charge in [0.25, 0.3) is 0 Å². The summed E-state index contributed by atoms with van der Waals surface area (Å²) in [6.07, 6.45) is 1.05. The highest BCUT2D eigenvalue weighted by Gasteiger charge is 2.23. The maximum atomic E-state index is 13.0. The molecule has 2 rings (SSSR count). The molecule has 25 heavy (non-hydrogen) atoms. The molecule has 4 nitrogen and oxygen atoms in total. The maximum absolute atomic E-state index is 13.0. The van der Waals surface area contributed by atoms with Crippen molar-refractivity contribution in [2.45, 2.75) is 52.7 Å². The standard InChI is InChI=1S/C20H32FN3O/c1-16(2)24(17(3)4)20(25)15-23-11-5-10-22(12-13-23)14-18-6-8-19(21)9-7-18/h6-9,16-17H,5,10-15H2,1-4H3. The highest BCUT2D eigenvalue weighted by molar-refractivity contribution is 5.78. The van der Waals surface area contributed by atoms with Crippen molar-refractivity contribution in [2.24, 2.45) is 0 Å². The Balaban J connectivity index is 1.86. The van der Waals surface area contributed by atoms with E-state index in [1.807, 2.05) is 17.0 Å². The topological polar surface area (TPSA) is 26.8 Å². The summed E-state index contributed by atoms with van der Waals surface area (Å²) in [5.74, 6) is 0.0288. The molecule has 1 aliphatic heterocycles. The van der Waals surface area contributed by atoms with E-state index in [1.165, 1.54) is 12.1 Å². The fourth-order valence-electron chi connectivity index (χ4n) is 3.63. The number of benzene rings is 1. The SMILES string of the molecule is CC(C)N(C(=O)CN1CCCN(Cc2ccc(F)cc2)CC1)C(C)C. The molecular weight excluding hydrogens is 317 g/mol. The monoisotopic (exact) mass is 349 g/mol. The van der Waals surface area contributed by atoms with Crippen molar-refractivity contribution >= 4 is 5.91 Å². The van der Waals surface area contributed by atoms with E-state index in [0.717, 1.165) is 44.7 Å². The highest BCUT2D eigenvalue weighted by atomic mass is 19.1. The second-order valence-corrected chi connectivity index (χ2v) is 7.52. The van der Waals surface area contributed by atoms with E-state index in [0.29, 0.717) is 6.54 Å². The highest BCUT2D eigenvalue weighted by Crippen LogP contribution is 2.12. The molecule has 0 spiro atoms. The van der Waals surface area contributed by atoms with E-state index in [1.54, 1.807) is 0 Å². The van der Waals surface area contributed by atoms with Crippen LogP contribution in [0.2, 0.25) is 0 Å². The summed E-state index contributed by atoms with van der Waals surface area (Å²) in [6, 6.07) is 7.20. The van der Waals surface area contributed by atoms with Crippen LogP contribution in [0.25, 0.3) is 0 Å². The van der Waals surface area contributed by atoms with Gasteiger partial charge in [-0.2, -0.15) is 0 Å². The molecule has 1 heterocycles. The minimum absolute atomic E-state index is 0.191. The first kappa shape index (κ1) is 19.9. The van der Waals surface area contributed by atoms with Crippen molar-refractivity contribution in [3.8, 4) is 0 Å². The second-order valence-electron chi connectivity index (χ2n) is 7.52. The molecule has 1 saturated heterocycles. The number of carbonyl (C=O) groups excluding carboxylic acids is 1. The first-order valence-electron chi connectivity index (χ1n) is 9.37. The maximum Gasteiger partial charge on any atom is 0.237 e. The summed E-state index contributed by atoms with van der Waals surface area (Å²) in [4.78, 5) is 19.3. The lowest BCUT2D eigenvalue weighted by Crippen LogP contribution is -2.47. The fourth-order valence-corrected chi connectivity index (χ4v) is 3.63. The van der Waals surface area contributed by atoms with E-state index in [9.17, 15) is 9.18 Å². The zero-order chi connectivity index (χ0) is 18.4. The van der Waals surface area contributed by atoms with Gasteiger partial charge in [0.15, 0.2) is 0 Å². The molecule has 1 fully saturated rings. The van der Waals surface area contributed by atoms with Gasteiger partial charge in [0.2, 0.25) is 5.91 Å². The van der Waals surface area contributed by atoms with Gasteiger partial charge in [-0.15, -0.1) is 0 Å². The summed E-state index contributed by atoms with van der Waals surface area (Å²) in [6.45, 7) is 13.4. The Bertz CT molecular complexity index is 536. The van der Waals surface area contributed by atoms with Crippen LogP contribution in [-0.4, -0.2) is 65.4 Å². The zero-order valence-corrected chi connectivity index (χ0v) is 16.0. The number of hydrogen-bond acceptors (Lipinski definition) is 3. The van der Waals surface area contributed by atoms with Crippen LogP contribution in [-0.2, 0) is 11.3 Å². The van der Waals surface area contributed by atoms with Gasteiger partial charge in [-0.1, -0.05) is 12.1 Å². The van der Waals surface area contributed by atoms with Gasteiger partial charge in [0.05, 0.1) is 6.54 Å². The van der Waals surface area contributed by atoms with Crippen molar-refractivity contribution in [3.05, 3.63) is 35.6 Å². The van der Waals surface area contributed by atoms with Crippen LogP contribution in [0.4, 0.5) is 4.39 Å². The average molecular weight is 349 g/mol. The number of halogens is 1. The Morgan fingerprint density at radius 3 is 2.16 bits per heavy atom. The third-order valence-electron chi connectivity index (χ3n) is 4.76. The van der Waals surface area contributed by atoms with Crippen LogP contribution in [0.15, 0.2) is 24.3 Å². The predicted molar refractivity (Wildman–Crippen MR) is 99.9 cm³/mol. The van der Waals surface area contributed by atoms with Gasteiger partial charge in [0, 0.05) is 31.7 Å². The third-order valence-corrected chi connectivity index (χ3v) is 4.76. The van der Waals surface area contributed by atoms with E-state index in [2.05, 4.69) is 37.5 Å². The molecule has 0 N–H and O–H groups in total. The normalized spacial score (nSPS) is 17.1. The van der Waals surface area contributed by atoms with Crippen LogP contribution in [0, 0.1) is 5.82 Å². The van der Waals surface area contributed by atoms with E-state index in [4.69, 9.17) is 0 Å². The Hall–Kier alpha value is -1.46. The molecular formula is C20H32FN3O. The summed E-state index contributed by atoms with van der Waals surface area (Å²) in [5.41, 5.74) is 1.14. The summed E-state index contributed by atoms with van der Waals surface area (Å²) in [7, 11) is 0. The summed E-state index contributed by atoms with van der Waals surface area (Å²) < 4.78 is 13.0. The van der Waals surface area contributed by atoms with Gasteiger partial charge in [-0.3, -0.25) is 14.6 Å². The first-order chi connectivity index (χ1) is 11.9. The fraction of sp³-hybridized carbons (Fsp3) is 0.650. The molecule has 0 radical (unpaired) electrons. The Morgan fingerprint density at radius 2 is 1.56 bits per heavy atom. The Morgan fingerprint density at radius 1 is 1.00 bits per heavy atom. The molecule has 1 aromatic rings. The molecule has 0 bridgehead atoms. The van der Waals surface area contributed by atoms with E-state index >= 15 is 0 Å². The molecule has 0 atom stereocenters. The number of hydrogen-bond donors (Lipinski definition) is 0. The zero-order valence-electron chi connectivity index (χ0n) is 16.0. The third kappa shape index (κ3) is 6.08. The number of nitrogens with zero attached hydrogens (tertiary/aromatic N) is 3. The van der Waals surface area contributed by atoms with Crippen LogP contribution < -0.4 is 0 Å². The first-order valence-corrected chi connectivity index (χ1v) is 9.37. The number of carbonyl (C=O) groups is 1. The smallest absolute Gasteiger partial charge is 0.237 e. The average Bonchev–Trinajstić information content (AvgIpc) is 2.74. The van der Waals surface area contributed by atoms with Crippen LogP contribution in [0.1, 0.15) is 39.7 Å². The lowest BCUT2D eigenvalue weighted by Gasteiger charge is -2.33. The molecule has 1 aromatic carbocycles. The van der Waals surface area contributed by atoms with Gasteiger partial charge in [0.1, 0.15) is 5.82 Å². The van der Waals surface area contributed by atoms with E-state index < -0.39 is 0 Å². The number of amides is 1. The minimum Gasteiger partial charge on any atom is -0.337 e. The molecule has 140 valence electrons. The Kier molecular flexibility index (Phi) is 7.38. The van der Waals surface area contributed by atoms with Crippen LogP contribution in [0.5, 0.6) is 0 Å². The summed E-state index contributed by atoms with van der Waals surface area (Å²) in [5, 5.41) is 0. The van der Waals surface area contributed by atoms with Crippen molar-refractivity contribution in [2.75, 3.05) is 32.7 Å². The molecule has 5 heteroatoms. The van der Waals surface area contributed by atoms with Crippen molar-refractivity contribution in [3.63, 3.8) is 0 Å². The molecule has 1 amide bonds. The van der Waals surface area contributed by atoms with Crippen LogP contribution >= 0.6 is 0 Å². The van der Waals surface area contributed by atoms with Crippen molar-refractivity contribution < 1.29 is 9.18 Å². The second kappa shape index (κ2) is 9.30. The van der Waals surface area contributed by atoms with Gasteiger partial charge in [-0.05, 0) is 64.9 Å². The number of rotatable bonds is 6. The molecule has 1 aliphatic rings. The van der Waals surface area contributed by atoms with Crippen molar-refractivity contribution in [1.29, 1.82) is 0 Å². The molecule has 0 saturated carbocycles.